The molecule has 39 heavy (non-hydrogen) atoms. The van der Waals surface area contributed by atoms with Gasteiger partial charge in [0.1, 0.15) is 12.7 Å². The van der Waals surface area contributed by atoms with Crippen LogP contribution in [-0.4, -0.2) is 79.7 Å². The van der Waals surface area contributed by atoms with E-state index in [9.17, 15) is 19.8 Å². The standard InChI is InChI=1S/C32H61NO6/c1-5-6-7-8-9-10-11-12-13-14-15-16-17-18-19-20-21-22-23-24-31(35)39-28-29(34)27-38-26-25-30(32(36)37)33(2,3)4/h12-13,29-30,34H,5-11,14-28H2,1-4H3/p+1/b13-12-. The summed E-state index contributed by atoms with van der Waals surface area (Å²) in [6, 6.07) is -0.572. The summed E-state index contributed by atoms with van der Waals surface area (Å²) >= 11 is 0. The van der Waals surface area contributed by atoms with E-state index < -0.39 is 18.1 Å². The van der Waals surface area contributed by atoms with Crippen molar-refractivity contribution in [1.82, 2.24) is 0 Å². The van der Waals surface area contributed by atoms with Crippen molar-refractivity contribution in [2.24, 2.45) is 0 Å². The summed E-state index contributed by atoms with van der Waals surface area (Å²) in [5.74, 6) is -1.15. The number of likely N-dealkylation sites (N-methyl/N-ethyl adjacent to an activating group) is 1. The molecule has 0 bridgehead atoms. The number of aliphatic carboxylic acids is 1. The Hall–Kier alpha value is -1.44. The number of carbonyl (C=O) groups is 2. The third-order valence-corrected chi connectivity index (χ3v) is 7.15. The van der Waals surface area contributed by atoms with Crippen LogP contribution in [0.15, 0.2) is 12.2 Å². The number of ether oxygens (including phenoxy) is 2. The number of hydrogen-bond acceptors (Lipinski definition) is 5. The average Bonchev–Trinajstić information content (AvgIpc) is 2.87. The summed E-state index contributed by atoms with van der Waals surface area (Å²) in [6.45, 7) is 2.42. The lowest BCUT2D eigenvalue weighted by Crippen LogP contribution is -2.50. The summed E-state index contributed by atoms with van der Waals surface area (Å²) in [4.78, 5) is 23.2. The minimum atomic E-state index is -0.900. The topological polar surface area (TPSA) is 93.1 Å². The Bertz CT molecular complexity index is 616. The van der Waals surface area contributed by atoms with Crippen molar-refractivity contribution in [3.63, 3.8) is 0 Å². The largest absolute Gasteiger partial charge is 0.477 e. The number of aliphatic hydroxyl groups excluding tert-OH is 1. The van der Waals surface area contributed by atoms with E-state index in [1.165, 1.54) is 89.9 Å². The number of rotatable bonds is 28. The van der Waals surface area contributed by atoms with Crippen molar-refractivity contribution >= 4 is 11.9 Å². The van der Waals surface area contributed by atoms with Gasteiger partial charge in [0.15, 0.2) is 6.04 Å². The summed E-state index contributed by atoms with van der Waals surface area (Å²) in [7, 11) is 5.48. The number of carboxylic acids is 1. The number of carbonyl (C=O) groups excluding carboxylic acids is 1. The molecule has 7 heteroatoms. The molecule has 0 spiro atoms. The molecule has 0 aliphatic rings. The fourth-order valence-electron chi connectivity index (χ4n) is 4.61. The first kappa shape index (κ1) is 37.6. The summed E-state index contributed by atoms with van der Waals surface area (Å²) < 4.78 is 10.8. The van der Waals surface area contributed by atoms with Crippen molar-refractivity contribution < 1.29 is 33.8 Å². The van der Waals surface area contributed by atoms with Crippen LogP contribution in [-0.2, 0) is 19.1 Å². The Balaban J connectivity index is 3.48. The van der Waals surface area contributed by atoms with Crippen molar-refractivity contribution in [3.8, 4) is 0 Å². The van der Waals surface area contributed by atoms with Gasteiger partial charge in [-0.25, -0.2) is 4.79 Å². The second-order valence-corrected chi connectivity index (χ2v) is 11.9. The van der Waals surface area contributed by atoms with Crippen LogP contribution >= 0.6 is 0 Å². The molecule has 0 aromatic carbocycles. The maximum atomic E-state index is 11.9. The van der Waals surface area contributed by atoms with Gasteiger partial charge in [-0.2, -0.15) is 0 Å². The third-order valence-electron chi connectivity index (χ3n) is 7.15. The van der Waals surface area contributed by atoms with Crippen LogP contribution in [0.5, 0.6) is 0 Å². The van der Waals surface area contributed by atoms with Gasteiger partial charge in [-0.15, -0.1) is 0 Å². The van der Waals surface area contributed by atoms with Gasteiger partial charge in [0, 0.05) is 12.8 Å². The van der Waals surface area contributed by atoms with E-state index in [1.54, 1.807) is 0 Å². The quantitative estimate of drug-likeness (QED) is 0.0464. The van der Waals surface area contributed by atoms with Crippen LogP contribution in [0.25, 0.3) is 0 Å². The first-order valence-electron chi connectivity index (χ1n) is 15.8. The van der Waals surface area contributed by atoms with Crippen LogP contribution < -0.4 is 0 Å². The van der Waals surface area contributed by atoms with Crippen molar-refractivity contribution in [3.05, 3.63) is 12.2 Å². The third kappa shape index (κ3) is 25.3. The minimum absolute atomic E-state index is 0.0206. The Morgan fingerprint density at radius 3 is 1.72 bits per heavy atom. The average molecular weight is 557 g/mol. The Morgan fingerprint density at radius 2 is 1.23 bits per heavy atom. The molecule has 7 nitrogen and oxygen atoms in total. The van der Waals surface area contributed by atoms with E-state index in [-0.39, 0.29) is 25.8 Å². The zero-order valence-corrected chi connectivity index (χ0v) is 25.8. The molecule has 2 atom stereocenters. The van der Waals surface area contributed by atoms with Gasteiger partial charge in [-0.05, 0) is 32.1 Å². The summed E-state index contributed by atoms with van der Waals surface area (Å²) in [5, 5.41) is 19.2. The molecule has 0 aliphatic heterocycles. The lowest BCUT2D eigenvalue weighted by atomic mass is 10.1. The minimum Gasteiger partial charge on any atom is -0.477 e. The van der Waals surface area contributed by atoms with Gasteiger partial charge in [-0.1, -0.05) is 96.1 Å². The number of carboxylic acid groups (broad SMARTS) is 1. The smallest absolute Gasteiger partial charge is 0.362 e. The molecule has 0 fully saturated rings. The Morgan fingerprint density at radius 1 is 0.744 bits per heavy atom. The van der Waals surface area contributed by atoms with Crippen molar-refractivity contribution in [2.75, 3.05) is 41.0 Å². The van der Waals surface area contributed by atoms with Crippen LogP contribution in [0.3, 0.4) is 0 Å². The Labute approximate surface area is 239 Å². The molecule has 2 unspecified atom stereocenters. The number of unbranched alkanes of at least 4 members (excludes halogenated alkanes) is 15. The summed E-state index contributed by atoms with van der Waals surface area (Å²) in [5.41, 5.74) is 0. The highest BCUT2D eigenvalue weighted by atomic mass is 16.5. The lowest BCUT2D eigenvalue weighted by molar-refractivity contribution is -0.887. The zero-order chi connectivity index (χ0) is 29.2. The van der Waals surface area contributed by atoms with E-state index in [4.69, 9.17) is 9.47 Å². The number of quaternary nitrogens is 1. The summed E-state index contributed by atoms with van der Waals surface area (Å²) in [6.07, 6.45) is 26.0. The van der Waals surface area contributed by atoms with Crippen molar-refractivity contribution in [1.29, 1.82) is 0 Å². The fraction of sp³-hybridized carbons (Fsp3) is 0.875. The molecule has 0 radical (unpaired) electrons. The van der Waals surface area contributed by atoms with Gasteiger partial charge in [0.25, 0.3) is 0 Å². The fourth-order valence-corrected chi connectivity index (χ4v) is 4.61. The number of nitrogens with zero attached hydrogens (tertiary/aromatic N) is 1. The molecule has 230 valence electrons. The van der Waals surface area contributed by atoms with Gasteiger partial charge in [0.05, 0.1) is 34.4 Å². The van der Waals surface area contributed by atoms with Gasteiger partial charge in [-0.3, -0.25) is 4.79 Å². The number of aliphatic hydroxyl groups is 1. The van der Waals surface area contributed by atoms with E-state index >= 15 is 0 Å². The van der Waals surface area contributed by atoms with E-state index in [2.05, 4.69) is 19.1 Å². The number of hydrogen-bond donors (Lipinski definition) is 2. The zero-order valence-electron chi connectivity index (χ0n) is 25.8. The normalized spacial score (nSPS) is 13.6. The predicted molar refractivity (Wildman–Crippen MR) is 160 cm³/mol. The first-order valence-corrected chi connectivity index (χ1v) is 15.8. The van der Waals surface area contributed by atoms with Crippen LogP contribution in [0.2, 0.25) is 0 Å². The first-order chi connectivity index (χ1) is 18.7. The maximum Gasteiger partial charge on any atom is 0.362 e. The maximum absolute atomic E-state index is 11.9. The van der Waals surface area contributed by atoms with Crippen molar-refractivity contribution in [2.45, 2.75) is 141 Å². The molecule has 2 N–H and O–H groups in total. The van der Waals surface area contributed by atoms with Gasteiger partial charge >= 0.3 is 11.9 Å². The monoisotopic (exact) mass is 556 g/mol. The van der Waals surface area contributed by atoms with E-state index in [0.29, 0.717) is 17.3 Å². The Kier molecular flexibility index (Phi) is 24.6. The molecule has 0 heterocycles. The highest BCUT2D eigenvalue weighted by Crippen LogP contribution is 2.13. The second kappa shape index (κ2) is 25.5. The number of esters is 1. The molecular formula is C32H62NO6+. The van der Waals surface area contributed by atoms with Crippen LogP contribution in [0.4, 0.5) is 0 Å². The molecular weight excluding hydrogens is 494 g/mol. The van der Waals surface area contributed by atoms with Gasteiger partial charge < -0.3 is 24.2 Å². The second-order valence-electron chi connectivity index (χ2n) is 11.9. The van der Waals surface area contributed by atoms with E-state index in [0.717, 1.165) is 19.3 Å². The molecule has 0 aromatic rings. The van der Waals surface area contributed by atoms with Gasteiger partial charge in [0.2, 0.25) is 0 Å². The molecule has 0 aliphatic carbocycles. The molecule has 0 saturated carbocycles. The molecule has 0 aromatic heterocycles. The number of allylic oxidation sites excluding steroid dienone is 2. The molecule has 0 saturated heterocycles. The highest BCUT2D eigenvalue weighted by molar-refractivity contribution is 5.72. The predicted octanol–water partition coefficient (Wildman–Crippen LogP) is 7.05. The lowest BCUT2D eigenvalue weighted by Gasteiger charge is -2.31. The van der Waals surface area contributed by atoms with Crippen LogP contribution in [0, 0.1) is 0 Å². The molecule has 0 rings (SSSR count). The molecule has 0 amide bonds. The SMILES string of the molecule is CCCCCCCC/C=C\CCCCCCCCCCCC(=O)OCC(O)COCCC(C(=O)O)[N+](C)(C)C. The highest BCUT2D eigenvalue weighted by Gasteiger charge is 2.30. The van der Waals surface area contributed by atoms with Crippen LogP contribution in [0.1, 0.15) is 129 Å². The van der Waals surface area contributed by atoms with E-state index in [1.807, 2.05) is 21.1 Å².